The molecule has 0 aliphatic heterocycles. The van der Waals surface area contributed by atoms with Crippen LogP contribution in [0.2, 0.25) is 0 Å². The van der Waals surface area contributed by atoms with E-state index >= 15 is 0 Å². The number of hydrogen-bond acceptors (Lipinski definition) is 3. The number of nitrogens with zero attached hydrogens (tertiary/aromatic N) is 2. The highest BCUT2D eigenvalue weighted by molar-refractivity contribution is 5.86. The second-order valence-corrected chi connectivity index (χ2v) is 7.01. The average Bonchev–Trinajstić information content (AvgIpc) is 3.19. The van der Waals surface area contributed by atoms with Gasteiger partial charge in [-0.3, -0.25) is 14.3 Å². The summed E-state index contributed by atoms with van der Waals surface area (Å²) in [5, 5.41) is 16.8. The zero-order chi connectivity index (χ0) is 17.4. The fraction of sp³-hybridized carbons (Fsp3) is 0.611. The molecule has 4 atom stereocenters. The molecule has 2 aliphatic carbocycles. The van der Waals surface area contributed by atoms with Crippen LogP contribution < -0.4 is 5.32 Å². The first-order valence-electron chi connectivity index (χ1n) is 8.58. The van der Waals surface area contributed by atoms with E-state index in [0.29, 0.717) is 6.54 Å². The lowest BCUT2D eigenvalue weighted by molar-refractivity contribution is -0.147. The van der Waals surface area contributed by atoms with Gasteiger partial charge in [0.05, 0.1) is 17.5 Å². The molecular weight excluding hydrogens is 306 g/mol. The molecule has 4 unspecified atom stereocenters. The number of aliphatic carboxylic acids is 1. The summed E-state index contributed by atoms with van der Waals surface area (Å²) in [5.41, 5.74) is 3.42. The van der Waals surface area contributed by atoms with Crippen LogP contribution in [0.1, 0.15) is 29.8 Å². The van der Waals surface area contributed by atoms with E-state index in [4.69, 9.17) is 0 Å². The molecule has 3 rings (SSSR count). The molecule has 2 bridgehead atoms. The van der Waals surface area contributed by atoms with E-state index < -0.39 is 17.8 Å². The third-order valence-corrected chi connectivity index (χ3v) is 5.61. The van der Waals surface area contributed by atoms with Crippen molar-refractivity contribution in [1.29, 1.82) is 0 Å². The summed E-state index contributed by atoms with van der Waals surface area (Å²) in [4.78, 5) is 23.9. The number of rotatable bonds is 6. The van der Waals surface area contributed by atoms with Crippen LogP contribution in [0, 0.1) is 37.5 Å². The van der Waals surface area contributed by atoms with Gasteiger partial charge in [0.2, 0.25) is 5.91 Å². The SMILES string of the molecule is Cc1nn(C)c(C)c1CCCNC(=O)C1C2C=CC(C2)C1C(=O)O. The number of carbonyl (C=O) groups excluding carboxylic acids is 1. The number of carbonyl (C=O) groups is 2. The van der Waals surface area contributed by atoms with Gasteiger partial charge >= 0.3 is 5.97 Å². The van der Waals surface area contributed by atoms with Crippen LogP contribution in [0.5, 0.6) is 0 Å². The third-order valence-electron chi connectivity index (χ3n) is 5.61. The number of carboxylic acids is 1. The van der Waals surface area contributed by atoms with E-state index in [1.54, 1.807) is 0 Å². The van der Waals surface area contributed by atoms with Gasteiger partial charge in [-0.2, -0.15) is 5.10 Å². The molecule has 1 heterocycles. The molecule has 0 saturated heterocycles. The standard InChI is InChI=1S/C18H25N3O3/c1-10-14(11(2)21(3)20-10)5-4-8-19-17(22)15-12-6-7-13(9-12)16(15)18(23)24/h6-7,12-13,15-16H,4-5,8-9H2,1-3H3,(H,19,22)(H,23,24). The molecule has 6 nitrogen and oxygen atoms in total. The molecule has 1 saturated carbocycles. The maximum Gasteiger partial charge on any atom is 0.307 e. The summed E-state index contributed by atoms with van der Waals surface area (Å²) in [6.45, 7) is 4.61. The average molecular weight is 331 g/mol. The van der Waals surface area contributed by atoms with Crippen molar-refractivity contribution in [2.75, 3.05) is 6.54 Å². The summed E-state index contributed by atoms with van der Waals surface area (Å²) in [5.74, 6) is -1.85. The number of nitrogens with one attached hydrogen (secondary N) is 1. The molecule has 24 heavy (non-hydrogen) atoms. The maximum absolute atomic E-state index is 12.5. The van der Waals surface area contributed by atoms with Crippen LogP contribution in [-0.4, -0.2) is 33.3 Å². The second-order valence-electron chi connectivity index (χ2n) is 7.01. The first-order chi connectivity index (χ1) is 11.4. The Morgan fingerprint density at radius 1 is 1.29 bits per heavy atom. The second kappa shape index (κ2) is 6.42. The minimum absolute atomic E-state index is 0.0175. The zero-order valence-electron chi connectivity index (χ0n) is 14.5. The highest BCUT2D eigenvalue weighted by Crippen LogP contribution is 2.48. The van der Waals surface area contributed by atoms with Gasteiger partial charge in [-0.15, -0.1) is 0 Å². The molecule has 1 aromatic heterocycles. The monoisotopic (exact) mass is 331 g/mol. The van der Waals surface area contributed by atoms with Gasteiger partial charge in [-0.25, -0.2) is 0 Å². The van der Waals surface area contributed by atoms with Crippen molar-refractivity contribution in [3.05, 3.63) is 29.1 Å². The molecule has 6 heteroatoms. The van der Waals surface area contributed by atoms with Crippen molar-refractivity contribution < 1.29 is 14.7 Å². The fourth-order valence-electron chi connectivity index (χ4n) is 4.29. The highest BCUT2D eigenvalue weighted by atomic mass is 16.4. The molecule has 1 fully saturated rings. The molecule has 130 valence electrons. The van der Waals surface area contributed by atoms with Crippen molar-refractivity contribution in [3.8, 4) is 0 Å². The summed E-state index contributed by atoms with van der Waals surface area (Å²) in [6.07, 6.45) is 6.46. The zero-order valence-corrected chi connectivity index (χ0v) is 14.5. The predicted molar refractivity (Wildman–Crippen MR) is 89.4 cm³/mol. The third kappa shape index (κ3) is 2.85. The van der Waals surface area contributed by atoms with Crippen molar-refractivity contribution in [1.82, 2.24) is 15.1 Å². The first kappa shape index (κ1) is 16.7. The Labute approximate surface area is 141 Å². The van der Waals surface area contributed by atoms with E-state index in [-0.39, 0.29) is 17.7 Å². The number of aromatic nitrogens is 2. The van der Waals surface area contributed by atoms with Gasteiger partial charge in [-0.1, -0.05) is 12.2 Å². The summed E-state index contributed by atoms with van der Waals surface area (Å²) in [7, 11) is 1.93. The molecule has 1 amide bonds. The Hall–Kier alpha value is -2.11. The largest absolute Gasteiger partial charge is 0.481 e. The lowest BCUT2D eigenvalue weighted by Crippen LogP contribution is -2.40. The topological polar surface area (TPSA) is 84.2 Å². The molecular formula is C18H25N3O3. The van der Waals surface area contributed by atoms with Gasteiger partial charge in [0.25, 0.3) is 0 Å². The van der Waals surface area contributed by atoms with E-state index in [1.165, 1.54) is 5.56 Å². The Bertz CT molecular complexity index is 692. The minimum atomic E-state index is -0.853. The Morgan fingerprint density at radius 2 is 1.96 bits per heavy atom. The predicted octanol–water partition coefficient (Wildman–Crippen LogP) is 1.61. The van der Waals surface area contributed by atoms with Gasteiger partial charge in [0.1, 0.15) is 0 Å². The van der Waals surface area contributed by atoms with Gasteiger partial charge in [0.15, 0.2) is 0 Å². The van der Waals surface area contributed by atoms with Crippen molar-refractivity contribution >= 4 is 11.9 Å². The van der Waals surface area contributed by atoms with E-state index in [1.807, 2.05) is 37.7 Å². The Kier molecular flexibility index (Phi) is 4.47. The minimum Gasteiger partial charge on any atom is -0.481 e. The van der Waals surface area contributed by atoms with Crippen LogP contribution in [0.4, 0.5) is 0 Å². The number of hydrogen-bond donors (Lipinski definition) is 2. The first-order valence-corrected chi connectivity index (χ1v) is 8.58. The quantitative estimate of drug-likeness (QED) is 0.613. The van der Waals surface area contributed by atoms with Crippen LogP contribution in [0.3, 0.4) is 0 Å². The van der Waals surface area contributed by atoms with Gasteiger partial charge in [-0.05, 0) is 50.5 Å². The maximum atomic E-state index is 12.5. The van der Waals surface area contributed by atoms with E-state index in [0.717, 1.165) is 30.7 Å². The lowest BCUT2D eigenvalue weighted by Gasteiger charge is -2.23. The summed E-state index contributed by atoms with van der Waals surface area (Å²) >= 11 is 0. The van der Waals surface area contributed by atoms with Crippen LogP contribution >= 0.6 is 0 Å². The van der Waals surface area contributed by atoms with Crippen LogP contribution in [-0.2, 0) is 23.1 Å². The number of carboxylic acid groups (broad SMARTS) is 1. The molecule has 0 spiro atoms. The molecule has 0 aromatic carbocycles. The number of fused-ring (bicyclic) bond motifs is 2. The number of allylic oxidation sites excluding steroid dienone is 2. The van der Waals surface area contributed by atoms with Gasteiger partial charge < -0.3 is 10.4 Å². The fourth-order valence-corrected chi connectivity index (χ4v) is 4.29. The lowest BCUT2D eigenvalue weighted by atomic mass is 9.82. The van der Waals surface area contributed by atoms with E-state index in [2.05, 4.69) is 10.4 Å². The highest BCUT2D eigenvalue weighted by Gasteiger charge is 2.51. The molecule has 0 radical (unpaired) electrons. The smallest absolute Gasteiger partial charge is 0.307 e. The number of aryl methyl sites for hydroxylation is 2. The van der Waals surface area contributed by atoms with E-state index in [9.17, 15) is 14.7 Å². The van der Waals surface area contributed by atoms with Crippen LogP contribution in [0.25, 0.3) is 0 Å². The van der Waals surface area contributed by atoms with Crippen molar-refractivity contribution in [2.45, 2.75) is 33.1 Å². The van der Waals surface area contributed by atoms with Crippen molar-refractivity contribution in [3.63, 3.8) is 0 Å². The molecule has 1 aromatic rings. The summed E-state index contributed by atoms with van der Waals surface area (Å²) in [6, 6.07) is 0. The van der Waals surface area contributed by atoms with Crippen LogP contribution in [0.15, 0.2) is 12.2 Å². The summed E-state index contributed by atoms with van der Waals surface area (Å²) < 4.78 is 1.88. The Balaban J connectivity index is 1.53. The van der Waals surface area contributed by atoms with Gasteiger partial charge in [0, 0.05) is 19.3 Å². The molecule has 2 N–H and O–H groups in total. The normalized spacial score (nSPS) is 27.6. The number of amides is 1. The van der Waals surface area contributed by atoms with Crippen molar-refractivity contribution in [2.24, 2.45) is 30.7 Å². The Morgan fingerprint density at radius 3 is 2.54 bits per heavy atom. The molecule has 2 aliphatic rings.